The Bertz CT molecular complexity index is 1230. The molecule has 2 aliphatic rings. The predicted molar refractivity (Wildman–Crippen MR) is 141 cm³/mol. The summed E-state index contributed by atoms with van der Waals surface area (Å²) in [5.74, 6) is -0.419. The number of halogens is 3. The van der Waals surface area contributed by atoms with Crippen LogP contribution in [-0.4, -0.2) is 70.6 Å². The summed E-state index contributed by atoms with van der Waals surface area (Å²) in [6.45, 7) is 2.72. The molecule has 8 nitrogen and oxygen atoms in total. The number of ether oxygens (including phenoxy) is 1. The molecular formula is C28H34ClF2N5O3. The van der Waals surface area contributed by atoms with E-state index in [0.29, 0.717) is 43.1 Å². The van der Waals surface area contributed by atoms with Crippen LogP contribution in [0.5, 0.6) is 0 Å². The molecule has 0 bridgehead atoms. The van der Waals surface area contributed by atoms with Gasteiger partial charge < -0.3 is 14.7 Å². The van der Waals surface area contributed by atoms with Crippen LogP contribution in [0.3, 0.4) is 0 Å². The van der Waals surface area contributed by atoms with Gasteiger partial charge in [0.1, 0.15) is 29.1 Å². The second-order valence-corrected chi connectivity index (χ2v) is 11.3. The Morgan fingerprint density at radius 3 is 2.49 bits per heavy atom. The van der Waals surface area contributed by atoms with Crippen molar-refractivity contribution in [2.24, 2.45) is 5.41 Å². The zero-order valence-electron chi connectivity index (χ0n) is 22.5. The van der Waals surface area contributed by atoms with E-state index >= 15 is 8.78 Å². The molecule has 0 radical (unpaired) electrons. The Morgan fingerprint density at radius 2 is 1.95 bits per heavy atom. The van der Waals surface area contributed by atoms with Crippen LogP contribution in [0.4, 0.5) is 8.78 Å². The number of nitriles is 1. The lowest BCUT2D eigenvalue weighted by molar-refractivity contribution is -0.136. The molecule has 2 unspecified atom stereocenters. The molecule has 1 N–H and O–H groups in total. The third kappa shape index (κ3) is 5.98. The van der Waals surface area contributed by atoms with Crippen molar-refractivity contribution >= 4 is 17.9 Å². The van der Waals surface area contributed by atoms with Crippen LogP contribution in [-0.2, 0) is 16.9 Å². The van der Waals surface area contributed by atoms with Crippen molar-refractivity contribution in [1.29, 1.82) is 5.26 Å². The van der Waals surface area contributed by atoms with Crippen molar-refractivity contribution < 1.29 is 23.4 Å². The topological polar surface area (TPSA) is 103 Å². The summed E-state index contributed by atoms with van der Waals surface area (Å²) in [5.41, 5.74) is -4.73. The summed E-state index contributed by atoms with van der Waals surface area (Å²) in [6.07, 6.45) is 3.78. The largest absolute Gasteiger partial charge is 0.382 e. The SMILES string of the molecule is CCC(O)(c1cc(F)c(C(OCC2(C#N)CC2)N(C)Cc2ncc(Cl)cn2)c(C=O)c1)C1(F)CCN(C)CC1. The summed E-state index contributed by atoms with van der Waals surface area (Å²) in [5, 5.41) is 21.5. The van der Waals surface area contributed by atoms with Crippen LogP contribution >= 0.6 is 11.6 Å². The second kappa shape index (κ2) is 11.5. The summed E-state index contributed by atoms with van der Waals surface area (Å²) >= 11 is 5.89. The van der Waals surface area contributed by atoms with Crippen LogP contribution in [0.1, 0.15) is 72.6 Å². The first kappa shape index (κ1) is 29.4. The maximum atomic E-state index is 16.2. The lowest BCUT2D eigenvalue weighted by atomic mass is 9.71. The van der Waals surface area contributed by atoms with E-state index in [1.54, 1.807) is 18.9 Å². The molecule has 2 atom stereocenters. The van der Waals surface area contributed by atoms with Crippen molar-refractivity contribution in [3.63, 3.8) is 0 Å². The third-order valence-corrected chi connectivity index (χ3v) is 8.31. The second-order valence-electron chi connectivity index (χ2n) is 10.8. The minimum atomic E-state index is -1.98. The number of alkyl halides is 1. The predicted octanol–water partition coefficient (Wildman–Crippen LogP) is 4.56. The van der Waals surface area contributed by atoms with Crippen LogP contribution < -0.4 is 0 Å². The van der Waals surface area contributed by atoms with Gasteiger partial charge in [-0.2, -0.15) is 5.26 Å². The van der Waals surface area contributed by atoms with Crippen LogP contribution in [0.25, 0.3) is 0 Å². The number of carbonyl (C=O) groups is 1. The van der Waals surface area contributed by atoms with Gasteiger partial charge in [-0.3, -0.25) is 9.69 Å². The first-order valence-corrected chi connectivity index (χ1v) is 13.5. The molecule has 11 heteroatoms. The minimum absolute atomic E-state index is 0.00270. The fourth-order valence-corrected chi connectivity index (χ4v) is 5.34. The molecule has 0 amide bonds. The van der Waals surface area contributed by atoms with Gasteiger partial charge in [0.25, 0.3) is 0 Å². The Labute approximate surface area is 232 Å². The molecule has 39 heavy (non-hydrogen) atoms. The fraction of sp³-hybridized carbons (Fsp3) is 0.571. The Hall–Kier alpha value is -2.55. The number of nitrogens with zero attached hydrogens (tertiary/aromatic N) is 5. The van der Waals surface area contributed by atoms with E-state index in [2.05, 4.69) is 16.0 Å². The van der Waals surface area contributed by atoms with Gasteiger partial charge in [-0.05, 0) is 63.9 Å². The molecule has 210 valence electrons. The Kier molecular flexibility index (Phi) is 8.69. The van der Waals surface area contributed by atoms with Gasteiger partial charge in [-0.15, -0.1) is 0 Å². The Balaban J connectivity index is 1.72. The molecule has 1 aliphatic carbocycles. The van der Waals surface area contributed by atoms with E-state index < -0.39 is 28.7 Å². The van der Waals surface area contributed by atoms with Crippen molar-refractivity contribution in [2.45, 2.75) is 63.1 Å². The van der Waals surface area contributed by atoms with E-state index in [-0.39, 0.29) is 49.1 Å². The van der Waals surface area contributed by atoms with Crippen LogP contribution in [0.15, 0.2) is 24.5 Å². The highest BCUT2D eigenvalue weighted by Gasteiger charge is 2.53. The normalized spacial score (nSPS) is 20.7. The minimum Gasteiger partial charge on any atom is -0.382 e. The van der Waals surface area contributed by atoms with Crippen molar-refractivity contribution in [2.75, 3.05) is 33.8 Å². The molecule has 1 saturated heterocycles. The molecular weight excluding hydrogens is 528 g/mol. The number of rotatable bonds is 11. The average molecular weight is 562 g/mol. The first-order chi connectivity index (χ1) is 18.5. The van der Waals surface area contributed by atoms with Crippen molar-refractivity contribution in [3.05, 3.63) is 57.9 Å². The van der Waals surface area contributed by atoms with Crippen molar-refractivity contribution in [1.82, 2.24) is 19.8 Å². The number of hydrogen-bond donors (Lipinski definition) is 1. The number of hydrogen-bond acceptors (Lipinski definition) is 8. The number of piperidine rings is 1. The summed E-state index contributed by atoms with van der Waals surface area (Å²) in [7, 11) is 3.54. The Morgan fingerprint density at radius 1 is 1.31 bits per heavy atom. The van der Waals surface area contributed by atoms with E-state index in [1.807, 2.05) is 11.9 Å². The zero-order valence-corrected chi connectivity index (χ0v) is 23.2. The van der Waals surface area contributed by atoms with Gasteiger partial charge in [-0.25, -0.2) is 18.7 Å². The molecule has 1 aliphatic heterocycles. The molecule has 2 aromatic rings. The van der Waals surface area contributed by atoms with Crippen LogP contribution in [0.2, 0.25) is 5.02 Å². The van der Waals surface area contributed by atoms with Crippen LogP contribution in [0, 0.1) is 22.6 Å². The maximum absolute atomic E-state index is 16.2. The van der Waals surface area contributed by atoms with Gasteiger partial charge in [0, 0.05) is 36.6 Å². The molecule has 0 spiro atoms. The summed E-state index contributed by atoms with van der Waals surface area (Å²) in [6, 6.07) is 4.71. The highest BCUT2D eigenvalue weighted by molar-refractivity contribution is 6.30. The number of likely N-dealkylation sites (tertiary alicyclic amines) is 1. The lowest BCUT2D eigenvalue weighted by Gasteiger charge is -2.46. The molecule has 2 heterocycles. The monoisotopic (exact) mass is 561 g/mol. The molecule has 4 rings (SSSR count). The van der Waals surface area contributed by atoms with Crippen molar-refractivity contribution in [3.8, 4) is 6.07 Å². The lowest BCUT2D eigenvalue weighted by Crippen LogP contribution is -2.54. The summed E-state index contributed by atoms with van der Waals surface area (Å²) in [4.78, 5) is 24.3. The smallest absolute Gasteiger partial charge is 0.150 e. The number of aliphatic hydroxyl groups is 1. The fourth-order valence-electron chi connectivity index (χ4n) is 5.24. The molecule has 1 aromatic heterocycles. The highest BCUT2D eigenvalue weighted by atomic mass is 35.5. The van der Waals surface area contributed by atoms with Gasteiger partial charge in [0.2, 0.25) is 0 Å². The third-order valence-electron chi connectivity index (χ3n) is 8.12. The highest BCUT2D eigenvalue weighted by Crippen LogP contribution is 2.48. The maximum Gasteiger partial charge on any atom is 0.150 e. The van der Waals surface area contributed by atoms with Gasteiger partial charge in [-0.1, -0.05) is 18.5 Å². The molecule has 2 fully saturated rings. The average Bonchev–Trinajstić information content (AvgIpc) is 3.72. The van der Waals surface area contributed by atoms with E-state index in [9.17, 15) is 15.2 Å². The van der Waals surface area contributed by atoms with Gasteiger partial charge in [0.05, 0.1) is 29.7 Å². The standard InChI is InChI=1S/C28H34ClF2N5O3/c1-4-28(38,27(31)7-9-35(2)10-8-27)20-11-19(16-37)24(22(30)12-20)25(39-18-26(17-32)5-6-26)36(3)15-23-33-13-21(29)14-34-23/h11-14,16,25,38H,4-10,15,18H2,1-3H3. The number of aromatic nitrogens is 2. The number of aldehydes is 1. The first-order valence-electron chi connectivity index (χ1n) is 13.1. The molecule has 1 aromatic carbocycles. The van der Waals surface area contributed by atoms with E-state index in [0.717, 1.165) is 6.07 Å². The van der Waals surface area contributed by atoms with Gasteiger partial charge >= 0.3 is 0 Å². The zero-order chi connectivity index (χ0) is 28.4. The van der Waals surface area contributed by atoms with E-state index in [1.165, 1.54) is 18.5 Å². The quantitative estimate of drug-likeness (QED) is 0.314. The van der Waals surface area contributed by atoms with Gasteiger partial charge in [0.15, 0.2) is 6.29 Å². The summed E-state index contributed by atoms with van der Waals surface area (Å²) < 4.78 is 38.4. The molecule has 1 saturated carbocycles. The van der Waals surface area contributed by atoms with E-state index in [4.69, 9.17) is 16.3 Å². The number of benzene rings is 1. The number of carbonyl (C=O) groups excluding carboxylic acids is 1.